The van der Waals surface area contributed by atoms with E-state index >= 15 is 0 Å². The summed E-state index contributed by atoms with van der Waals surface area (Å²) in [6.45, 7) is 3.70. The predicted octanol–water partition coefficient (Wildman–Crippen LogP) is 0.747. The first-order valence-corrected chi connectivity index (χ1v) is 4.77. The third-order valence-corrected chi connectivity index (χ3v) is 3.28. The lowest BCUT2D eigenvalue weighted by atomic mass is 10.2. The van der Waals surface area contributed by atoms with E-state index in [1.54, 1.807) is 0 Å². The van der Waals surface area contributed by atoms with Crippen LogP contribution in [0.15, 0.2) is 21.2 Å². The molecule has 0 amide bonds. The van der Waals surface area contributed by atoms with Crippen molar-refractivity contribution in [1.82, 2.24) is 9.97 Å². The van der Waals surface area contributed by atoms with Crippen LogP contribution < -0.4 is 11.1 Å². The summed E-state index contributed by atoms with van der Waals surface area (Å²) in [5.74, 6) is 0. The number of thioether (sulfide) groups is 1. The largest absolute Gasteiger partial charge is 0.315 e. The minimum Gasteiger partial charge on any atom is -0.315 e. The highest BCUT2D eigenvalue weighted by molar-refractivity contribution is 8.02. The molecule has 2 N–H and O–H groups in total. The predicted molar refractivity (Wildman–Crippen MR) is 52.2 cm³/mol. The molecule has 68 valence electrons. The Kier molecular flexibility index (Phi) is 1.85. The van der Waals surface area contributed by atoms with E-state index in [0.29, 0.717) is 16.3 Å². The van der Waals surface area contributed by atoms with Crippen molar-refractivity contribution in [1.29, 1.82) is 0 Å². The summed E-state index contributed by atoms with van der Waals surface area (Å²) < 4.78 is -0.316. The molecule has 0 fully saturated rings. The Morgan fingerprint density at radius 2 is 1.92 bits per heavy atom. The van der Waals surface area contributed by atoms with Crippen molar-refractivity contribution in [3.05, 3.63) is 33.0 Å². The molecular formula is C7H5ClN2O2S. The molecule has 0 bridgehead atoms. The van der Waals surface area contributed by atoms with Crippen LogP contribution in [0.2, 0.25) is 0 Å². The van der Waals surface area contributed by atoms with Crippen LogP contribution in [0, 0.1) is 0 Å². The van der Waals surface area contributed by atoms with Crippen molar-refractivity contribution in [3.8, 4) is 0 Å². The molecule has 1 aromatic heterocycles. The maximum Gasteiger partial charge on any atom is 0.314 e. The lowest BCUT2D eigenvalue weighted by Crippen LogP contribution is -2.30. The van der Waals surface area contributed by atoms with E-state index in [0.717, 1.165) is 0 Å². The van der Waals surface area contributed by atoms with Crippen molar-refractivity contribution in [2.24, 2.45) is 0 Å². The summed E-state index contributed by atoms with van der Waals surface area (Å²) in [5.41, 5.74) is -0.180. The molecule has 1 atom stereocenters. The normalized spacial score (nSPS) is 20.4. The van der Waals surface area contributed by atoms with Crippen molar-refractivity contribution in [3.63, 3.8) is 0 Å². The first kappa shape index (κ1) is 8.65. The third-order valence-electron chi connectivity index (χ3n) is 1.72. The molecule has 4 nitrogen and oxygen atoms in total. The van der Waals surface area contributed by atoms with Gasteiger partial charge in [-0.05, 0) is 5.57 Å². The second-order valence-electron chi connectivity index (χ2n) is 2.57. The van der Waals surface area contributed by atoms with Crippen LogP contribution in [0.1, 0.15) is 5.69 Å². The zero-order valence-corrected chi connectivity index (χ0v) is 7.96. The number of H-pyrrole nitrogens is 2. The Bertz CT molecular complexity index is 490. The number of rotatable bonds is 0. The average molecular weight is 217 g/mol. The maximum absolute atomic E-state index is 10.9. The van der Waals surface area contributed by atoms with Gasteiger partial charge >= 0.3 is 11.1 Å². The van der Waals surface area contributed by atoms with E-state index in [4.69, 9.17) is 11.6 Å². The molecule has 0 saturated heterocycles. The van der Waals surface area contributed by atoms with Crippen LogP contribution in [-0.2, 0) is 0 Å². The second kappa shape index (κ2) is 2.78. The fraction of sp³-hybridized carbons (Fsp3) is 0.143. The van der Waals surface area contributed by atoms with Gasteiger partial charge in [0, 0.05) is 0 Å². The number of alkyl halides is 1. The van der Waals surface area contributed by atoms with Gasteiger partial charge in [-0.15, -0.1) is 11.6 Å². The van der Waals surface area contributed by atoms with E-state index < -0.39 is 11.1 Å². The molecular weight excluding hydrogens is 212 g/mol. The van der Waals surface area contributed by atoms with E-state index in [2.05, 4.69) is 16.5 Å². The second-order valence-corrected chi connectivity index (χ2v) is 4.38. The summed E-state index contributed by atoms with van der Waals surface area (Å²) in [7, 11) is 0. The minimum atomic E-state index is -0.675. The molecule has 2 heterocycles. The molecule has 0 radical (unpaired) electrons. The van der Waals surface area contributed by atoms with Crippen LogP contribution >= 0.6 is 23.4 Å². The molecule has 1 aromatic rings. The highest BCUT2D eigenvalue weighted by atomic mass is 35.5. The molecule has 0 aromatic carbocycles. The van der Waals surface area contributed by atoms with E-state index in [1.165, 1.54) is 11.8 Å². The number of hydrogen-bond acceptors (Lipinski definition) is 3. The Morgan fingerprint density at radius 1 is 1.31 bits per heavy atom. The SMILES string of the molecule is C=C1c2[nH]c(=O)c(=O)[nH]c2SC1Cl. The van der Waals surface area contributed by atoms with E-state index in [-0.39, 0.29) is 4.71 Å². The quantitative estimate of drug-likeness (QED) is 0.497. The van der Waals surface area contributed by atoms with Gasteiger partial charge in [0.15, 0.2) is 0 Å². The monoisotopic (exact) mass is 216 g/mol. The number of hydrogen-bond donors (Lipinski definition) is 2. The van der Waals surface area contributed by atoms with Gasteiger partial charge in [0.25, 0.3) is 0 Å². The minimum absolute atomic E-state index is 0.316. The maximum atomic E-state index is 10.9. The van der Waals surface area contributed by atoms with Gasteiger partial charge < -0.3 is 9.97 Å². The highest BCUT2D eigenvalue weighted by Crippen LogP contribution is 2.42. The smallest absolute Gasteiger partial charge is 0.314 e. The third kappa shape index (κ3) is 1.24. The van der Waals surface area contributed by atoms with Crippen molar-refractivity contribution in [2.75, 3.05) is 0 Å². The lowest BCUT2D eigenvalue weighted by molar-refractivity contribution is 0.961. The summed E-state index contributed by atoms with van der Waals surface area (Å²) in [6.07, 6.45) is 0. The fourth-order valence-electron chi connectivity index (χ4n) is 1.05. The van der Waals surface area contributed by atoms with Crippen LogP contribution in [-0.4, -0.2) is 14.7 Å². The van der Waals surface area contributed by atoms with E-state index in [9.17, 15) is 9.59 Å². The molecule has 2 rings (SSSR count). The molecule has 1 unspecified atom stereocenters. The van der Waals surface area contributed by atoms with Gasteiger partial charge in [-0.25, -0.2) is 0 Å². The Morgan fingerprint density at radius 3 is 2.62 bits per heavy atom. The molecule has 0 saturated carbocycles. The number of nitrogens with one attached hydrogen (secondary N) is 2. The number of fused-ring (bicyclic) bond motifs is 1. The molecule has 13 heavy (non-hydrogen) atoms. The summed E-state index contributed by atoms with van der Waals surface area (Å²) in [5, 5.41) is 0.578. The number of aromatic amines is 2. The van der Waals surface area contributed by atoms with Gasteiger partial charge in [-0.1, -0.05) is 18.3 Å². The molecule has 6 heteroatoms. The first-order chi connectivity index (χ1) is 6.09. The van der Waals surface area contributed by atoms with Crippen LogP contribution in [0.3, 0.4) is 0 Å². The zero-order valence-electron chi connectivity index (χ0n) is 6.39. The van der Waals surface area contributed by atoms with Crippen molar-refractivity contribution >= 4 is 28.9 Å². The van der Waals surface area contributed by atoms with Gasteiger partial charge in [0.1, 0.15) is 9.74 Å². The van der Waals surface area contributed by atoms with Crippen molar-refractivity contribution < 1.29 is 0 Å². The Balaban J connectivity index is 2.73. The molecule has 1 aliphatic rings. The lowest BCUT2D eigenvalue weighted by Gasteiger charge is -1.96. The van der Waals surface area contributed by atoms with E-state index in [1.807, 2.05) is 0 Å². The summed E-state index contributed by atoms with van der Waals surface area (Å²) in [6, 6.07) is 0. The molecule has 1 aliphatic heterocycles. The highest BCUT2D eigenvalue weighted by Gasteiger charge is 2.26. The zero-order chi connectivity index (χ0) is 9.59. The van der Waals surface area contributed by atoms with Gasteiger partial charge in [0.2, 0.25) is 0 Å². The summed E-state index contributed by atoms with van der Waals surface area (Å²) >= 11 is 7.11. The van der Waals surface area contributed by atoms with Crippen molar-refractivity contribution in [2.45, 2.75) is 9.74 Å². The van der Waals surface area contributed by atoms with Crippen LogP contribution in [0.4, 0.5) is 0 Å². The van der Waals surface area contributed by atoms with Gasteiger partial charge in [-0.2, -0.15) is 0 Å². The molecule has 0 spiro atoms. The van der Waals surface area contributed by atoms with Crippen LogP contribution in [0.25, 0.3) is 5.57 Å². The Hall–Kier alpha value is -0.940. The summed E-state index contributed by atoms with van der Waals surface area (Å²) in [4.78, 5) is 26.7. The number of aromatic nitrogens is 2. The Labute approximate surface area is 82.0 Å². The van der Waals surface area contributed by atoms with Crippen LogP contribution in [0.5, 0.6) is 0 Å². The van der Waals surface area contributed by atoms with Gasteiger partial charge in [-0.3, -0.25) is 9.59 Å². The average Bonchev–Trinajstić information content (AvgIpc) is 2.32. The first-order valence-electron chi connectivity index (χ1n) is 3.46. The molecule has 0 aliphatic carbocycles. The number of halogens is 1. The van der Waals surface area contributed by atoms with Gasteiger partial charge in [0.05, 0.1) is 5.69 Å². The fourth-order valence-corrected chi connectivity index (χ4v) is 2.35. The topological polar surface area (TPSA) is 65.7 Å². The standard InChI is InChI=1S/C7H5ClN2O2S/c1-2-3-7(13-4(2)8)10-6(12)5(11)9-3/h4H,1H2,(H,9,11)(H,10,12).